The Labute approximate surface area is 192 Å². The van der Waals surface area contributed by atoms with Crippen molar-refractivity contribution in [2.75, 3.05) is 13.7 Å². The first kappa shape index (κ1) is 21.4. The van der Waals surface area contributed by atoms with E-state index in [0.29, 0.717) is 19.0 Å². The van der Waals surface area contributed by atoms with Crippen molar-refractivity contribution >= 4 is 10.9 Å². The number of nitrogens with one attached hydrogen (secondary N) is 1. The summed E-state index contributed by atoms with van der Waals surface area (Å²) in [7, 11) is 1.76. The van der Waals surface area contributed by atoms with Crippen LogP contribution in [-0.2, 0) is 16.1 Å². The Bertz CT molecular complexity index is 1300. The molecule has 168 valence electrons. The SMILES string of the molecule is COC1CCOC(c2cccc(COc3ccc4c(-c5ccccc5)cc(=O)[nH]c4c3)c2)C1. The molecule has 1 fully saturated rings. The molecule has 1 aliphatic rings. The van der Waals surface area contributed by atoms with Gasteiger partial charge in [-0.05, 0) is 46.9 Å². The van der Waals surface area contributed by atoms with Crippen molar-refractivity contribution in [2.45, 2.75) is 31.7 Å². The molecule has 3 aromatic carbocycles. The lowest BCUT2D eigenvalue weighted by molar-refractivity contribution is -0.0599. The van der Waals surface area contributed by atoms with E-state index >= 15 is 0 Å². The Morgan fingerprint density at radius 3 is 2.73 bits per heavy atom. The van der Waals surface area contributed by atoms with Gasteiger partial charge in [-0.1, -0.05) is 48.5 Å². The van der Waals surface area contributed by atoms with Crippen molar-refractivity contribution in [3.05, 3.63) is 100 Å². The summed E-state index contributed by atoms with van der Waals surface area (Å²) in [5.74, 6) is 0.710. The van der Waals surface area contributed by atoms with Gasteiger partial charge >= 0.3 is 0 Å². The Morgan fingerprint density at radius 2 is 1.88 bits per heavy atom. The molecule has 1 N–H and O–H groups in total. The van der Waals surface area contributed by atoms with E-state index in [4.69, 9.17) is 14.2 Å². The van der Waals surface area contributed by atoms with Crippen LogP contribution in [0.4, 0.5) is 0 Å². The number of benzene rings is 3. The highest BCUT2D eigenvalue weighted by atomic mass is 16.5. The summed E-state index contributed by atoms with van der Waals surface area (Å²) in [5, 5.41) is 0.984. The molecule has 0 bridgehead atoms. The van der Waals surface area contributed by atoms with Gasteiger partial charge in [-0.25, -0.2) is 0 Å². The largest absolute Gasteiger partial charge is 0.489 e. The molecule has 5 heteroatoms. The molecule has 0 aliphatic carbocycles. The van der Waals surface area contributed by atoms with E-state index in [9.17, 15) is 4.79 Å². The number of aromatic nitrogens is 1. The minimum absolute atomic E-state index is 0.0470. The zero-order valence-electron chi connectivity index (χ0n) is 18.6. The predicted molar refractivity (Wildman–Crippen MR) is 130 cm³/mol. The molecule has 2 unspecified atom stereocenters. The summed E-state index contributed by atoms with van der Waals surface area (Å²) in [5.41, 5.74) is 4.77. The quantitative estimate of drug-likeness (QED) is 0.421. The van der Waals surface area contributed by atoms with E-state index in [2.05, 4.69) is 23.2 Å². The number of hydrogen-bond acceptors (Lipinski definition) is 4. The van der Waals surface area contributed by atoms with Crippen LogP contribution in [0.15, 0.2) is 83.7 Å². The smallest absolute Gasteiger partial charge is 0.249 e. The second-order valence-electron chi connectivity index (χ2n) is 8.40. The van der Waals surface area contributed by atoms with Crippen LogP contribution < -0.4 is 10.3 Å². The zero-order valence-corrected chi connectivity index (χ0v) is 18.6. The van der Waals surface area contributed by atoms with Crippen LogP contribution in [0.1, 0.15) is 30.1 Å². The van der Waals surface area contributed by atoms with Crippen LogP contribution in [0, 0.1) is 0 Å². The normalized spacial score (nSPS) is 18.3. The number of pyridine rings is 1. The summed E-state index contributed by atoms with van der Waals surface area (Å²) in [6.45, 7) is 1.15. The maximum absolute atomic E-state index is 12.3. The van der Waals surface area contributed by atoms with E-state index in [1.807, 2.05) is 54.6 Å². The number of H-pyrrole nitrogens is 1. The Hall–Kier alpha value is -3.41. The van der Waals surface area contributed by atoms with Crippen LogP contribution in [0.2, 0.25) is 0 Å². The first-order valence-corrected chi connectivity index (χ1v) is 11.3. The molecule has 5 nitrogen and oxygen atoms in total. The number of ether oxygens (including phenoxy) is 3. The molecule has 1 saturated heterocycles. The lowest BCUT2D eigenvalue weighted by Gasteiger charge is -2.29. The monoisotopic (exact) mass is 441 g/mol. The first-order chi connectivity index (χ1) is 16.2. The van der Waals surface area contributed by atoms with Crippen LogP contribution in [0.25, 0.3) is 22.0 Å². The number of methoxy groups -OCH3 is 1. The Kier molecular flexibility index (Phi) is 6.24. The van der Waals surface area contributed by atoms with E-state index in [0.717, 1.165) is 46.0 Å². The molecule has 0 radical (unpaired) electrons. The summed E-state index contributed by atoms with van der Waals surface area (Å²) in [4.78, 5) is 15.2. The minimum Gasteiger partial charge on any atom is -0.489 e. The Balaban J connectivity index is 1.35. The molecule has 2 atom stereocenters. The van der Waals surface area contributed by atoms with Gasteiger partial charge in [0.1, 0.15) is 12.4 Å². The van der Waals surface area contributed by atoms with Gasteiger partial charge in [0.05, 0.1) is 17.7 Å². The van der Waals surface area contributed by atoms with Crippen LogP contribution >= 0.6 is 0 Å². The van der Waals surface area contributed by atoms with E-state index in [1.165, 1.54) is 0 Å². The van der Waals surface area contributed by atoms with Gasteiger partial charge in [0.2, 0.25) is 5.56 Å². The minimum atomic E-state index is -0.131. The lowest BCUT2D eigenvalue weighted by atomic mass is 9.98. The van der Waals surface area contributed by atoms with Gasteiger partial charge in [0.25, 0.3) is 0 Å². The van der Waals surface area contributed by atoms with Crippen molar-refractivity contribution in [3.8, 4) is 16.9 Å². The van der Waals surface area contributed by atoms with Gasteiger partial charge in [-0.15, -0.1) is 0 Å². The fourth-order valence-electron chi connectivity index (χ4n) is 4.45. The average Bonchev–Trinajstić information content (AvgIpc) is 2.87. The molecular weight excluding hydrogens is 414 g/mol. The van der Waals surface area contributed by atoms with Gasteiger partial charge in [-0.3, -0.25) is 4.79 Å². The molecule has 5 rings (SSSR count). The van der Waals surface area contributed by atoms with E-state index in [1.54, 1.807) is 13.2 Å². The molecule has 0 amide bonds. The molecule has 0 saturated carbocycles. The van der Waals surface area contributed by atoms with Crippen LogP contribution in [-0.4, -0.2) is 24.8 Å². The van der Waals surface area contributed by atoms with Gasteiger partial charge < -0.3 is 19.2 Å². The zero-order chi connectivity index (χ0) is 22.6. The first-order valence-electron chi connectivity index (χ1n) is 11.3. The van der Waals surface area contributed by atoms with Crippen molar-refractivity contribution in [1.82, 2.24) is 4.98 Å². The summed E-state index contributed by atoms with van der Waals surface area (Å²) < 4.78 is 17.6. The maximum atomic E-state index is 12.3. The lowest BCUT2D eigenvalue weighted by Crippen LogP contribution is -2.25. The van der Waals surface area contributed by atoms with Gasteiger partial charge in [0.15, 0.2) is 0 Å². The number of rotatable bonds is 6. The molecule has 4 aromatic rings. The standard InChI is InChI=1S/C28H27NO4/c1-31-22-12-13-32-27(16-22)21-9-5-6-19(14-21)18-33-23-10-11-24-25(20-7-3-2-4-8-20)17-28(30)29-26(24)15-23/h2-11,14-15,17,22,27H,12-13,16,18H2,1H3,(H,29,30). The molecule has 1 aromatic heterocycles. The molecule has 0 spiro atoms. The highest BCUT2D eigenvalue weighted by Crippen LogP contribution is 2.31. The third kappa shape index (κ3) is 4.85. The average molecular weight is 442 g/mol. The highest BCUT2D eigenvalue weighted by molar-refractivity contribution is 5.94. The van der Waals surface area contributed by atoms with Crippen molar-refractivity contribution in [1.29, 1.82) is 0 Å². The highest BCUT2D eigenvalue weighted by Gasteiger charge is 2.23. The second-order valence-corrected chi connectivity index (χ2v) is 8.40. The number of hydrogen-bond donors (Lipinski definition) is 1. The van der Waals surface area contributed by atoms with Gasteiger partial charge in [0, 0.05) is 37.7 Å². The van der Waals surface area contributed by atoms with Crippen LogP contribution in [0.5, 0.6) is 5.75 Å². The fraction of sp³-hybridized carbons (Fsp3) is 0.250. The summed E-state index contributed by atoms with van der Waals surface area (Å²) in [6, 6.07) is 25.7. The van der Waals surface area contributed by atoms with Crippen molar-refractivity contribution in [3.63, 3.8) is 0 Å². The molecular formula is C28H27NO4. The Morgan fingerprint density at radius 1 is 1.00 bits per heavy atom. The predicted octanol–water partition coefficient (Wildman–Crippen LogP) is 5.64. The molecule has 33 heavy (non-hydrogen) atoms. The number of fused-ring (bicyclic) bond motifs is 1. The van der Waals surface area contributed by atoms with Gasteiger partial charge in [-0.2, -0.15) is 0 Å². The molecule has 1 aliphatic heterocycles. The van der Waals surface area contributed by atoms with Crippen molar-refractivity contribution in [2.24, 2.45) is 0 Å². The maximum Gasteiger partial charge on any atom is 0.249 e. The fourth-order valence-corrected chi connectivity index (χ4v) is 4.45. The summed E-state index contributed by atoms with van der Waals surface area (Å²) in [6.07, 6.45) is 2.09. The topological polar surface area (TPSA) is 60.6 Å². The van der Waals surface area contributed by atoms with Crippen LogP contribution in [0.3, 0.4) is 0 Å². The van der Waals surface area contributed by atoms with E-state index < -0.39 is 0 Å². The second kappa shape index (κ2) is 9.61. The third-order valence-electron chi connectivity index (χ3n) is 6.20. The van der Waals surface area contributed by atoms with Crippen molar-refractivity contribution < 1.29 is 14.2 Å². The molecule has 2 heterocycles. The number of aromatic amines is 1. The summed E-state index contributed by atoms with van der Waals surface area (Å²) >= 11 is 0. The van der Waals surface area contributed by atoms with E-state index in [-0.39, 0.29) is 17.8 Å². The third-order valence-corrected chi connectivity index (χ3v) is 6.20.